The Morgan fingerprint density at radius 3 is 2.41 bits per heavy atom. The van der Waals surface area contributed by atoms with Gasteiger partial charge in [-0.1, -0.05) is 46.3 Å². The van der Waals surface area contributed by atoms with Crippen LogP contribution in [0.4, 0.5) is 5.69 Å². The third-order valence-corrected chi connectivity index (χ3v) is 6.14. The molecule has 1 amide bonds. The van der Waals surface area contributed by atoms with Crippen molar-refractivity contribution in [3.63, 3.8) is 0 Å². The minimum atomic E-state index is -0.227. The normalized spacial score (nSPS) is 18.7. The zero-order valence-corrected chi connectivity index (χ0v) is 17.4. The number of fused-ring (bicyclic) bond motifs is 1. The maximum Gasteiger partial charge on any atom is 0.237 e. The lowest BCUT2D eigenvalue weighted by Crippen LogP contribution is -2.53. The summed E-state index contributed by atoms with van der Waals surface area (Å²) in [5, 5.41) is 1.10. The van der Waals surface area contributed by atoms with Crippen LogP contribution in [0.25, 0.3) is 10.9 Å². The van der Waals surface area contributed by atoms with Crippen LogP contribution >= 0.6 is 15.9 Å². The van der Waals surface area contributed by atoms with Gasteiger partial charge in [-0.2, -0.15) is 0 Å². The number of methoxy groups -OCH3 is 1. The smallest absolute Gasteiger partial charge is 0.237 e. The Morgan fingerprint density at radius 2 is 1.69 bits per heavy atom. The van der Waals surface area contributed by atoms with Gasteiger partial charge in [-0.25, -0.2) is 0 Å². The van der Waals surface area contributed by atoms with E-state index in [9.17, 15) is 4.79 Å². The molecule has 144 valence electrons. The van der Waals surface area contributed by atoms with Gasteiger partial charge in [0.25, 0.3) is 0 Å². The van der Waals surface area contributed by atoms with Crippen molar-refractivity contribution in [3.05, 3.63) is 94.6 Å². The molecule has 1 aromatic heterocycles. The molecule has 2 heterocycles. The van der Waals surface area contributed by atoms with Crippen LogP contribution in [-0.4, -0.2) is 18.0 Å². The Morgan fingerprint density at radius 1 is 0.966 bits per heavy atom. The van der Waals surface area contributed by atoms with Crippen molar-refractivity contribution in [2.24, 2.45) is 0 Å². The summed E-state index contributed by atoms with van der Waals surface area (Å²) in [5.41, 5.74) is 4.08. The molecule has 4 nitrogen and oxygen atoms in total. The summed E-state index contributed by atoms with van der Waals surface area (Å²) in [5.74, 6) is 0.650. The highest BCUT2D eigenvalue weighted by Crippen LogP contribution is 2.50. The van der Waals surface area contributed by atoms with E-state index >= 15 is 0 Å². The molecule has 3 aromatic carbocycles. The fourth-order valence-corrected chi connectivity index (χ4v) is 4.44. The van der Waals surface area contributed by atoms with E-state index in [1.165, 1.54) is 0 Å². The van der Waals surface area contributed by atoms with Crippen molar-refractivity contribution in [2.75, 3.05) is 12.0 Å². The number of ether oxygens (including phenoxy) is 1. The molecule has 2 unspecified atom stereocenters. The molecule has 5 rings (SSSR count). The van der Waals surface area contributed by atoms with Gasteiger partial charge in [-0.3, -0.25) is 4.79 Å². The quantitative estimate of drug-likeness (QED) is 0.402. The third-order valence-electron chi connectivity index (χ3n) is 5.62. The van der Waals surface area contributed by atoms with Gasteiger partial charge in [0.1, 0.15) is 5.75 Å². The number of aromatic nitrogens is 1. The van der Waals surface area contributed by atoms with Crippen molar-refractivity contribution in [1.29, 1.82) is 0 Å². The molecule has 0 spiro atoms. The maximum absolute atomic E-state index is 13.4. The van der Waals surface area contributed by atoms with Gasteiger partial charge in [-0.15, -0.1) is 0 Å². The summed E-state index contributed by atoms with van der Waals surface area (Å²) >= 11 is 3.51. The minimum absolute atomic E-state index is 0.0665. The van der Waals surface area contributed by atoms with Gasteiger partial charge in [0.2, 0.25) is 5.91 Å². The van der Waals surface area contributed by atoms with Crippen LogP contribution in [0.3, 0.4) is 0 Å². The predicted molar refractivity (Wildman–Crippen MR) is 118 cm³/mol. The number of H-pyrrole nitrogens is 1. The molecule has 0 aliphatic carbocycles. The summed E-state index contributed by atoms with van der Waals surface area (Å²) in [6, 6.07) is 23.9. The first-order valence-corrected chi connectivity index (χ1v) is 10.3. The number of benzene rings is 3. The number of β-lactam (4-membered cyclic amide) rings is 1. The number of rotatable bonds is 4. The second-order valence-corrected chi connectivity index (χ2v) is 8.09. The lowest BCUT2D eigenvalue weighted by atomic mass is 9.77. The molecule has 2 atom stereocenters. The minimum Gasteiger partial charge on any atom is -0.497 e. The number of para-hydroxylation sites is 1. The zero-order chi connectivity index (χ0) is 20.0. The standard InChI is InChI=1S/C24H19BrN2O2/c1-29-18-12-10-17(11-13-18)27-23(15-6-8-16(25)9-7-15)22(24(27)28)20-14-26-21-5-3-2-4-19(20)21/h2-14,22-23,26H,1H3. The summed E-state index contributed by atoms with van der Waals surface area (Å²) in [7, 11) is 1.64. The summed E-state index contributed by atoms with van der Waals surface area (Å²) in [6.45, 7) is 0. The molecule has 0 radical (unpaired) electrons. The third kappa shape index (κ3) is 2.93. The number of nitrogens with zero attached hydrogens (tertiary/aromatic N) is 1. The Hall–Kier alpha value is -3.05. The molecular formula is C24H19BrN2O2. The van der Waals surface area contributed by atoms with Crippen LogP contribution in [0.2, 0.25) is 0 Å². The van der Waals surface area contributed by atoms with E-state index in [-0.39, 0.29) is 17.9 Å². The number of amides is 1. The molecule has 1 saturated heterocycles. The largest absolute Gasteiger partial charge is 0.497 e. The number of hydrogen-bond acceptors (Lipinski definition) is 2. The molecule has 1 fully saturated rings. The van der Waals surface area contributed by atoms with Crippen LogP contribution < -0.4 is 9.64 Å². The van der Waals surface area contributed by atoms with Gasteiger partial charge in [-0.05, 0) is 53.6 Å². The Bertz CT molecular complexity index is 1180. The monoisotopic (exact) mass is 446 g/mol. The SMILES string of the molecule is COc1ccc(N2C(=O)C(c3c[nH]c4ccccc34)C2c2ccc(Br)cc2)cc1. The van der Waals surface area contributed by atoms with Crippen molar-refractivity contribution in [3.8, 4) is 5.75 Å². The van der Waals surface area contributed by atoms with Gasteiger partial charge in [0, 0.05) is 27.3 Å². The summed E-state index contributed by atoms with van der Waals surface area (Å²) < 4.78 is 6.29. The van der Waals surface area contributed by atoms with E-state index in [4.69, 9.17) is 4.74 Å². The average Bonchev–Trinajstić information content (AvgIpc) is 3.17. The van der Waals surface area contributed by atoms with Gasteiger partial charge >= 0.3 is 0 Å². The lowest BCUT2D eigenvalue weighted by Gasteiger charge is -2.47. The number of carbonyl (C=O) groups is 1. The molecule has 1 aliphatic heterocycles. The average molecular weight is 447 g/mol. The van der Waals surface area contributed by atoms with E-state index < -0.39 is 0 Å². The summed E-state index contributed by atoms with van der Waals surface area (Å²) in [4.78, 5) is 18.6. The predicted octanol–water partition coefficient (Wildman–Crippen LogP) is 5.81. The molecule has 29 heavy (non-hydrogen) atoms. The van der Waals surface area contributed by atoms with Gasteiger partial charge < -0.3 is 14.6 Å². The fourth-order valence-electron chi connectivity index (χ4n) is 4.18. The Balaban J connectivity index is 1.60. The molecule has 1 aliphatic rings. The van der Waals surface area contributed by atoms with Crippen molar-refractivity contribution >= 4 is 38.4 Å². The van der Waals surface area contributed by atoms with E-state index in [1.54, 1.807) is 7.11 Å². The van der Waals surface area contributed by atoms with Crippen molar-refractivity contribution in [1.82, 2.24) is 4.98 Å². The number of carbonyl (C=O) groups excluding carboxylic acids is 1. The molecular weight excluding hydrogens is 428 g/mol. The zero-order valence-electron chi connectivity index (χ0n) is 15.8. The van der Waals surface area contributed by atoms with Crippen LogP contribution in [0.15, 0.2) is 83.5 Å². The van der Waals surface area contributed by atoms with Crippen LogP contribution in [0.1, 0.15) is 23.1 Å². The highest BCUT2D eigenvalue weighted by Gasteiger charge is 2.50. The van der Waals surface area contributed by atoms with Crippen LogP contribution in [0.5, 0.6) is 5.75 Å². The molecule has 1 N–H and O–H groups in total. The highest BCUT2D eigenvalue weighted by molar-refractivity contribution is 9.10. The van der Waals surface area contributed by atoms with Crippen LogP contribution in [0, 0.1) is 0 Å². The van der Waals surface area contributed by atoms with Gasteiger partial charge in [0.15, 0.2) is 0 Å². The fraction of sp³-hybridized carbons (Fsp3) is 0.125. The first kappa shape index (κ1) is 18.0. The topological polar surface area (TPSA) is 45.3 Å². The lowest BCUT2D eigenvalue weighted by molar-refractivity contribution is -0.126. The van der Waals surface area contributed by atoms with Crippen molar-refractivity contribution < 1.29 is 9.53 Å². The van der Waals surface area contributed by atoms with Gasteiger partial charge in [0.05, 0.1) is 19.1 Å². The molecule has 0 bridgehead atoms. The maximum atomic E-state index is 13.4. The second kappa shape index (κ2) is 7.08. The molecule has 5 heteroatoms. The number of halogens is 1. The highest BCUT2D eigenvalue weighted by atomic mass is 79.9. The number of anilines is 1. The van der Waals surface area contributed by atoms with E-state index in [0.717, 1.165) is 37.9 Å². The number of aromatic amines is 1. The van der Waals surface area contributed by atoms with E-state index in [2.05, 4.69) is 39.1 Å². The first-order chi connectivity index (χ1) is 14.2. The van der Waals surface area contributed by atoms with E-state index in [0.29, 0.717) is 0 Å². The first-order valence-electron chi connectivity index (χ1n) is 9.46. The van der Waals surface area contributed by atoms with E-state index in [1.807, 2.05) is 65.7 Å². The molecule has 0 saturated carbocycles. The Kier molecular flexibility index (Phi) is 4.40. The summed E-state index contributed by atoms with van der Waals surface area (Å²) in [6.07, 6.45) is 1.98. The molecule has 4 aromatic rings. The van der Waals surface area contributed by atoms with Crippen LogP contribution in [-0.2, 0) is 4.79 Å². The second-order valence-electron chi connectivity index (χ2n) is 7.17. The Labute approximate surface area is 177 Å². The van der Waals surface area contributed by atoms with Crippen molar-refractivity contribution in [2.45, 2.75) is 12.0 Å². The number of nitrogens with one attached hydrogen (secondary N) is 1. The number of hydrogen-bond donors (Lipinski definition) is 1.